The lowest BCUT2D eigenvalue weighted by Crippen LogP contribution is -2.46. The van der Waals surface area contributed by atoms with Crippen molar-refractivity contribution >= 4 is 11.6 Å². The van der Waals surface area contributed by atoms with Crippen molar-refractivity contribution in [1.82, 2.24) is 9.78 Å². The second-order valence-electron chi connectivity index (χ2n) is 11.5. The van der Waals surface area contributed by atoms with Crippen LogP contribution in [0.15, 0.2) is 36.5 Å². The van der Waals surface area contributed by atoms with Crippen molar-refractivity contribution in [2.45, 2.75) is 76.8 Å². The number of nitrogens with zero attached hydrogens (tertiary/aromatic N) is 2. The number of ketones is 1. The Morgan fingerprint density at radius 2 is 1.67 bits per heavy atom. The molecule has 5 aliphatic rings. The molecule has 4 bridgehead atoms. The fraction of sp³-hybridized carbons (Fsp3) is 0.615. The van der Waals surface area contributed by atoms with Crippen molar-refractivity contribution in [1.29, 1.82) is 0 Å². The Morgan fingerprint density at radius 1 is 1.03 bits per heavy atom. The molecule has 0 radical (unpaired) electrons. The van der Waals surface area contributed by atoms with Gasteiger partial charge in [0.25, 0.3) is 0 Å². The van der Waals surface area contributed by atoms with Gasteiger partial charge in [-0.15, -0.1) is 0 Å². The zero-order valence-corrected chi connectivity index (χ0v) is 18.2. The Morgan fingerprint density at radius 3 is 2.30 bits per heavy atom. The van der Waals surface area contributed by atoms with Crippen LogP contribution in [0.2, 0.25) is 0 Å². The van der Waals surface area contributed by atoms with Crippen LogP contribution < -0.4 is 5.32 Å². The van der Waals surface area contributed by atoms with Gasteiger partial charge in [0.15, 0.2) is 5.78 Å². The van der Waals surface area contributed by atoms with E-state index >= 15 is 0 Å². The number of nitrogens with one attached hydrogen (secondary N) is 1. The van der Waals surface area contributed by atoms with Crippen molar-refractivity contribution in [3.63, 3.8) is 0 Å². The van der Waals surface area contributed by atoms with Gasteiger partial charge in [-0.2, -0.15) is 5.10 Å². The molecule has 0 spiro atoms. The summed E-state index contributed by atoms with van der Waals surface area (Å²) in [6.45, 7) is 4.46. The number of hydrogen-bond donors (Lipinski definition) is 1. The predicted molar refractivity (Wildman–Crippen MR) is 119 cm³/mol. The number of carbonyl (C=O) groups is 1. The van der Waals surface area contributed by atoms with E-state index < -0.39 is 0 Å². The number of Topliss-reactive ketones (excluding diaryl/α,β-unsaturated/α-hetero) is 1. The Labute approximate surface area is 179 Å². The number of aromatic nitrogens is 2. The van der Waals surface area contributed by atoms with E-state index in [1.54, 1.807) is 0 Å². The third-order valence-corrected chi connectivity index (χ3v) is 8.56. The molecule has 4 heteroatoms. The van der Waals surface area contributed by atoms with Crippen LogP contribution in [0.3, 0.4) is 0 Å². The SMILES string of the molecule is CC1(C)C[C@H](c2ccccc2)Nc2c(C(=O)CC34CC5CC(CC(C5)C3)C4)cnn21. The highest BCUT2D eigenvalue weighted by Crippen LogP contribution is 2.61. The lowest BCUT2D eigenvalue weighted by atomic mass is 9.48. The van der Waals surface area contributed by atoms with Crippen molar-refractivity contribution in [2.75, 3.05) is 5.32 Å². The summed E-state index contributed by atoms with van der Waals surface area (Å²) in [5.74, 6) is 3.86. The van der Waals surface area contributed by atoms with Crippen molar-refractivity contribution in [3.8, 4) is 0 Å². The number of carbonyl (C=O) groups excluding carboxylic acids is 1. The largest absolute Gasteiger partial charge is 0.363 e. The van der Waals surface area contributed by atoms with Crippen LogP contribution in [0.4, 0.5) is 5.82 Å². The average molecular weight is 404 g/mol. The van der Waals surface area contributed by atoms with Crippen LogP contribution in [-0.2, 0) is 5.54 Å². The lowest BCUT2D eigenvalue weighted by Gasteiger charge is -2.56. The quantitative estimate of drug-likeness (QED) is 0.640. The molecular formula is C26H33N3O. The molecule has 1 aliphatic heterocycles. The van der Waals surface area contributed by atoms with E-state index in [0.29, 0.717) is 12.2 Å². The summed E-state index contributed by atoms with van der Waals surface area (Å²) >= 11 is 0. The maximum atomic E-state index is 13.6. The van der Waals surface area contributed by atoms with Crippen LogP contribution in [0, 0.1) is 23.2 Å². The third kappa shape index (κ3) is 2.94. The normalized spacial score (nSPS) is 35.7. The number of rotatable bonds is 4. The topological polar surface area (TPSA) is 46.9 Å². The average Bonchev–Trinajstić information content (AvgIpc) is 3.12. The van der Waals surface area contributed by atoms with E-state index in [0.717, 1.165) is 35.6 Å². The highest BCUT2D eigenvalue weighted by molar-refractivity contribution is 6.01. The van der Waals surface area contributed by atoms with E-state index in [1.807, 2.05) is 6.20 Å². The zero-order valence-electron chi connectivity index (χ0n) is 18.2. The van der Waals surface area contributed by atoms with Gasteiger partial charge in [0.1, 0.15) is 5.82 Å². The maximum absolute atomic E-state index is 13.6. The molecule has 2 aromatic rings. The Kier molecular flexibility index (Phi) is 4.01. The van der Waals surface area contributed by atoms with Crippen LogP contribution in [0.25, 0.3) is 0 Å². The molecule has 0 saturated heterocycles. The first-order valence-electron chi connectivity index (χ1n) is 11.8. The van der Waals surface area contributed by atoms with Crippen molar-refractivity contribution in [3.05, 3.63) is 47.7 Å². The Hall–Kier alpha value is -2.10. The van der Waals surface area contributed by atoms with Gasteiger partial charge in [-0.1, -0.05) is 30.3 Å². The monoisotopic (exact) mass is 403 g/mol. The minimum atomic E-state index is -0.125. The number of anilines is 1. The summed E-state index contributed by atoms with van der Waals surface area (Å²) in [5, 5.41) is 8.37. The molecule has 1 aromatic carbocycles. The summed E-state index contributed by atoms with van der Waals surface area (Å²) < 4.78 is 2.05. The molecule has 4 saturated carbocycles. The molecular weight excluding hydrogens is 370 g/mol. The maximum Gasteiger partial charge on any atom is 0.168 e. The molecule has 30 heavy (non-hydrogen) atoms. The molecule has 158 valence electrons. The molecule has 1 atom stereocenters. The van der Waals surface area contributed by atoms with Gasteiger partial charge in [0.05, 0.1) is 23.3 Å². The van der Waals surface area contributed by atoms with Gasteiger partial charge in [0, 0.05) is 6.42 Å². The molecule has 7 rings (SSSR count). The van der Waals surface area contributed by atoms with E-state index in [-0.39, 0.29) is 17.0 Å². The number of benzene rings is 1. The van der Waals surface area contributed by atoms with Gasteiger partial charge in [0.2, 0.25) is 0 Å². The van der Waals surface area contributed by atoms with E-state index in [4.69, 9.17) is 0 Å². The zero-order chi connectivity index (χ0) is 20.5. The first-order chi connectivity index (χ1) is 14.4. The fourth-order valence-corrected chi connectivity index (χ4v) is 7.78. The molecule has 1 aromatic heterocycles. The van der Waals surface area contributed by atoms with Crippen LogP contribution in [0.5, 0.6) is 0 Å². The summed E-state index contributed by atoms with van der Waals surface area (Å²) in [6, 6.07) is 10.8. The summed E-state index contributed by atoms with van der Waals surface area (Å²) in [4.78, 5) is 13.6. The molecule has 0 unspecified atom stereocenters. The van der Waals surface area contributed by atoms with Gasteiger partial charge in [-0.25, -0.2) is 4.68 Å². The molecule has 4 nitrogen and oxygen atoms in total. The highest BCUT2D eigenvalue weighted by atomic mass is 16.1. The minimum Gasteiger partial charge on any atom is -0.363 e. The predicted octanol–water partition coefficient (Wildman–Crippen LogP) is 5.96. The first-order valence-corrected chi connectivity index (χ1v) is 11.8. The second-order valence-corrected chi connectivity index (χ2v) is 11.5. The number of fused-ring (bicyclic) bond motifs is 1. The van der Waals surface area contributed by atoms with Gasteiger partial charge in [-0.05, 0) is 87.5 Å². The minimum absolute atomic E-state index is 0.125. The molecule has 4 aliphatic carbocycles. The number of hydrogen-bond acceptors (Lipinski definition) is 3. The van der Waals surface area contributed by atoms with Crippen molar-refractivity contribution < 1.29 is 4.79 Å². The van der Waals surface area contributed by atoms with Gasteiger partial charge in [-0.3, -0.25) is 4.79 Å². The molecule has 0 amide bonds. The van der Waals surface area contributed by atoms with E-state index in [1.165, 1.54) is 44.1 Å². The summed E-state index contributed by atoms with van der Waals surface area (Å²) in [5.41, 5.74) is 2.22. The van der Waals surface area contributed by atoms with Crippen LogP contribution in [-0.4, -0.2) is 15.6 Å². The lowest BCUT2D eigenvalue weighted by molar-refractivity contribution is -0.0524. The standard InChI is InChI=1S/C26H33N3O/c1-25(2)14-22(20-6-4-3-5-7-20)28-24-21(16-27-29(24)25)23(30)15-26-11-17-8-18(12-26)10-19(9-17)13-26/h3-7,16-19,22,28H,8-15H2,1-2H3/t17?,18?,19?,22-,26?/m1/s1. The fourth-order valence-electron chi connectivity index (χ4n) is 7.78. The molecule has 4 fully saturated rings. The third-order valence-electron chi connectivity index (χ3n) is 8.56. The first kappa shape index (κ1) is 18.7. The summed E-state index contributed by atoms with van der Waals surface area (Å²) in [7, 11) is 0. The van der Waals surface area contributed by atoms with E-state index in [9.17, 15) is 4.79 Å². The van der Waals surface area contributed by atoms with Crippen molar-refractivity contribution in [2.24, 2.45) is 23.2 Å². The smallest absolute Gasteiger partial charge is 0.168 e. The second kappa shape index (κ2) is 6.45. The van der Waals surface area contributed by atoms with E-state index in [2.05, 4.69) is 59.3 Å². The van der Waals surface area contributed by atoms with Crippen LogP contribution in [0.1, 0.15) is 87.2 Å². The van der Waals surface area contributed by atoms with Gasteiger partial charge >= 0.3 is 0 Å². The highest BCUT2D eigenvalue weighted by Gasteiger charge is 2.51. The van der Waals surface area contributed by atoms with Gasteiger partial charge < -0.3 is 5.32 Å². The Balaban J connectivity index is 1.29. The Bertz CT molecular complexity index is 938. The molecule has 1 N–H and O–H groups in total. The molecule has 2 heterocycles. The summed E-state index contributed by atoms with van der Waals surface area (Å²) in [6.07, 6.45) is 11.6. The van der Waals surface area contributed by atoms with Crippen LogP contribution >= 0.6 is 0 Å².